The van der Waals surface area contributed by atoms with E-state index in [-0.39, 0.29) is 16.1 Å². The smallest absolute Gasteiger partial charge is 0.341 e. The summed E-state index contributed by atoms with van der Waals surface area (Å²) in [5, 5.41) is 3.35. The van der Waals surface area contributed by atoms with Crippen molar-refractivity contribution in [2.75, 3.05) is 23.8 Å². The monoisotopic (exact) mass is 548 g/mol. The number of thiophene rings is 1. The highest BCUT2D eigenvalue weighted by atomic mass is 35.5. The molecule has 0 atom stereocenters. The summed E-state index contributed by atoms with van der Waals surface area (Å²) in [6, 6.07) is 11.4. The number of halogens is 1. The second-order valence-electron chi connectivity index (χ2n) is 7.78. The fourth-order valence-corrected chi connectivity index (χ4v) is 6.25. The summed E-state index contributed by atoms with van der Waals surface area (Å²) in [6.07, 6.45) is 2.47. The Hall–Kier alpha value is -3.41. The summed E-state index contributed by atoms with van der Waals surface area (Å²) in [5.74, 6) is -2.09. The molecule has 1 aliphatic carbocycles. The minimum absolute atomic E-state index is 0.0134. The zero-order chi connectivity index (χ0) is 25.9. The summed E-state index contributed by atoms with van der Waals surface area (Å²) in [5.41, 5.74) is 1.12. The van der Waals surface area contributed by atoms with Crippen LogP contribution in [-0.2, 0) is 37.1 Å². The van der Waals surface area contributed by atoms with E-state index < -0.39 is 34.5 Å². The summed E-state index contributed by atoms with van der Waals surface area (Å²) in [7, 11) is -2.74. The number of carbonyl (C=O) groups is 3. The largest absolute Gasteiger partial charge is 0.465 e. The molecule has 4 rings (SSSR count). The molecule has 0 saturated carbocycles. The molecular weight excluding hydrogens is 528 g/mol. The van der Waals surface area contributed by atoms with Gasteiger partial charge in [0.25, 0.3) is 15.9 Å². The topological polar surface area (TPSA) is 128 Å². The third kappa shape index (κ3) is 5.53. The fraction of sp³-hybridized carbons (Fsp3) is 0.208. The summed E-state index contributed by atoms with van der Waals surface area (Å²) in [4.78, 5) is 38.4. The molecule has 3 aromatic rings. The molecule has 1 amide bonds. The molecule has 0 unspecified atom stereocenters. The number of anilines is 2. The molecular formula is C24H21ClN2O7S2. The standard InChI is InChI=1S/C24H21ClN2O7S2/c1-33-24(30)21-17-6-4-8-19(17)35-22(21)26-20(28)13-34-23(29)16-5-2-3-7-18(16)27-36(31,32)15-11-9-14(25)10-12-15/h2-3,5,7,9-12,27H,4,6,8,13H2,1H3,(H,26,28). The van der Waals surface area contributed by atoms with Crippen molar-refractivity contribution < 1.29 is 32.3 Å². The molecule has 1 aliphatic rings. The van der Waals surface area contributed by atoms with Crippen LogP contribution in [0.1, 0.15) is 37.6 Å². The number of aryl methyl sites for hydroxylation is 1. The van der Waals surface area contributed by atoms with Gasteiger partial charge in [0.05, 0.1) is 28.8 Å². The number of hydrogen-bond acceptors (Lipinski definition) is 8. The second kappa shape index (κ2) is 10.7. The van der Waals surface area contributed by atoms with Crippen molar-refractivity contribution in [1.82, 2.24) is 0 Å². The minimum Gasteiger partial charge on any atom is -0.465 e. The molecule has 0 bridgehead atoms. The number of nitrogens with one attached hydrogen (secondary N) is 2. The van der Waals surface area contributed by atoms with Gasteiger partial charge in [0.15, 0.2) is 6.61 Å². The lowest BCUT2D eigenvalue weighted by Gasteiger charge is -2.12. The van der Waals surface area contributed by atoms with Crippen molar-refractivity contribution >= 4 is 61.5 Å². The van der Waals surface area contributed by atoms with Gasteiger partial charge in [-0.25, -0.2) is 18.0 Å². The quantitative estimate of drug-likeness (QED) is 0.402. The van der Waals surface area contributed by atoms with E-state index in [0.29, 0.717) is 15.6 Å². The van der Waals surface area contributed by atoms with Crippen molar-refractivity contribution in [3.63, 3.8) is 0 Å². The maximum atomic E-state index is 12.7. The first-order chi connectivity index (χ1) is 17.2. The van der Waals surface area contributed by atoms with Crippen molar-refractivity contribution in [2.24, 2.45) is 0 Å². The SMILES string of the molecule is COC(=O)c1c(NC(=O)COC(=O)c2ccccc2NS(=O)(=O)c2ccc(Cl)cc2)sc2c1CCC2. The molecule has 188 valence electrons. The van der Waals surface area contributed by atoms with Gasteiger partial charge in [-0.1, -0.05) is 23.7 Å². The van der Waals surface area contributed by atoms with Gasteiger partial charge in [-0.15, -0.1) is 11.3 Å². The minimum atomic E-state index is -4.01. The normalized spacial score (nSPS) is 12.5. The number of fused-ring (bicyclic) bond motifs is 1. The number of hydrogen-bond donors (Lipinski definition) is 2. The number of ether oxygens (including phenoxy) is 2. The highest BCUT2D eigenvalue weighted by molar-refractivity contribution is 7.92. The Morgan fingerprint density at radius 3 is 2.47 bits per heavy atom. The summed E-state index contributed by atoms with van der Waals surface area (Å²) >= 11 is 7.12. The lowest BCUT2D eigenvalue weighted by atomic mass is 10.1. The first kappa shape index (κ1) is 25.7. The third-order valence-corrected chi connectivity index (χ3v) is 8.25. The first-order valence-corrected chi connectivity index (χ1v) is 13.4. The van der Waals surface area contributed by atoms with E-state index in [1.807, 2.05) is 0 Å². The molecule has 36 heavy (non-hydrogen) atoms. The Morgan fingerprint density at radius 1 is 1.03 bits per heavy atom. The zero-order valence-electron chi connectivity index (χ0n) is 19.0. The Kier molecular flexibility index (Phi) is 7.62. The van der Waals surface area contributed by atoms with Gasteiger partial charge in [0, 0.05) is 9.90 Å². The molecule has 0 fully saturated rings. The molecule has 0 spiro atoms. The van der Waals surface area contributed by atoms with Crippen molar-refractivity contribution in [3.8, 4) is 0 Å². The Bertz CT molecular complexity index is 1430. The summed E-state index contributed by atoms with van der Waals surface area (Å²) in [6.45, 7) is -0.639. The van der Waals surface area contributed by atoms with Crippen LogP contribution >= 0.6 is 22.9 Å². The van der Waals surface area contributed by atoms with Crippen LogP contribution in [0.4, 0.5) is 10.7 Å². The average molecular weight is 549 g/mol. The van der Waals surface area contributed by atoms with Gasteiger partial charge < -0.3 is 14.8 Å². The number of carbonyl (C=O) groups excluding carboxylic acids is 3. The predicted molar refractivity (Wildman–Crippen MR) is 135 cm³/mol. The van der Waals surface area contributed by atoms with Gasteiger partial charge >= 0.3 is 11.9 Å². The van der Waals surface area contributed by atoms with E-state index in [4.69, 9.17) is 21.1 Å². The van der Waals surface area contributed by atoms with Gasteiger partial charge in [0.2, 0.25) is 0 Å². The van der Waals surface area contributed by atoms with Crippen LogP contribution in [0.2, 0.25) is 5.02 Å². The van der Waals surface area contributed by atoms with E-state index in [1.54, 1.807) is 6.07 Å². The maximum absolute atomic E-state index is 12.7. The number of methoxy groups -OCH3 is 1. The van der Waals surface area contributed by atoms with Crippen molar-refractivity contribution in [2.45, 2.75) is 24.2 Å². The van der Waals surface area contributed by atoms with E-state index >= 15 is 0 Å². The molecule has 0 aliphatic heterocycles. The van der Waals surface area contributed by atoms with Crippen LogP contribution in [-0.4, -0.2) is 40.0 Å². The molecule has 1 heterocycles. The molecule has 1 aromatic heterocycles. The fourth-order valence-electron chi connectivity index (χ4n) is 3.75. The molecule has 2 aromatic carbocycles. The lowest BCUT2D eigenvalue weighted by Crippen LogP contribution is -2.22. The number of para-hydroxylation sites is 1. The number of sulfonamides is 1. The van der Waals surface area contributed by atoms with Crippen LogP contribution in [0, 0.1) is 0 Å². The van der Waals surface area contributed by atoms with Crippen LogP contribution in [0.15, 0.2) is 53.4 Å². The number of esters is 2. The molecule has 2 N–H and O–H groups in total. The van der Waals surface area contributed by atoms with Crippen molar-refractivity contribution in [1.29, 1.82) is 0 Å². The van der Waals surface area contributed by atoms with E-state index in [0.717, 1.165) is 29.7 Å². The van der Waals surface area contributed by atoms with Crippen LogP contribution in [0.25, 0.3) is 0 Å². The molecule has 12 heteroatoms. The van der Waals surface area contributed by atoms with E-state index in [9.17, 15) is 22.8 Å². The highest BCUT2D eigenvalue weighted by Crippen LogP contribution is 2.39. The van der Waals surface area contributed by atoms with Gasteiger partial charge in [-0.3, -0.25) is 9.52 Å². The first-order valence-electron chi connectivity index (χ1n) is 10.8. The second-order valence-corrected chi connectivity index (χ2v) is 11.0. The highest BCUT2D eigenvalue weighted by Gasteiger charge is 2.28. The van der Waals surface area contributed by atoms with Gasteiger partial charge in [0.1, 0.15) is 5.00 Å². The van der Waals surface area contributed by atoms with Gasteiger partial charge in [-0.2, -0.15) is 0 Å². The van der Waals surface area contributed by atoms with Crippen LogP contribution in [0.5, 0.6) is 0 Å². The molecule has 0 saturated heterocycles. The summed E-state index contributed by atoms with van der Waals surface area (Å²) < 4.78 is 37.8. The Balaban J connectivity index is 1.44. The third-order valence-electron chi connectivity index (χ3n) is 5.41. The van der Waals surface area contributed by atoms with Gasteiger partial charge in [-0.05, 0) is 61.2 Å². The molecule has 9 nitrogen and oxygen atoms in total. The van der Waals surface area contributed by atoms with Crippen LogP contribution in [0.3, 0.4) is 0 Å². The average Bonchev–Trinajstić information content (AvgIpc) is 3.43. The number of rotatable bonds is 8. The van der Waals surface area contributed by atoms with E-state index in [1.165, 1.54) is 60.9 Å². The number of amides is 1. The van der Waals surface area contributed by atoms with Crippen molar-refractivity contribution in [3.05, 3.63) is 75.1 Å². The zero-order valence-corrected chi connectivity index (χ0v) is 21.4. The molecule has 0 radical (unpaired) electrons. The van der Waals surface area contributed by atoms with E-state index in [2.05, 4.69) is 10.0 Å². The Morgan fingerprint density at radius 2 is 1.75 bits per heavy atom. The maximum Gasteiger partial charge on any atom is 0.341 e. The predicted octanol–water partition coefficient (Wildman–Crippen LogP) is 4.27. The lowest BCUT2D eigenvalue weighted by molar-refractivity contribution is -0.119. The van der Waals surface area contributed by atoms with Crippen LogP contribution < -0.4 is 10.0 Å². The number of benzene rings is 2. The Labute approximate surface area is 216 Å².